The largest absolute Gasteiger partial charge is 0.379 e. The number of nitrogens with zero attached hydrogens (tertiary/aromatic N) is 4. The molecule has 3 aromatic rings. The summed E-state index contributed by atoms with van der Waals surface area (Å²) in [6.07, 6.45) is 4.12. The van der Waals surface area contributed by atoms with Crippen LogP contribution in [-0.2, 0) is 11.2 Å². The monoisotopic (exact) mass is 395 g/mol. The number of ether oxygens (including phenoxy) is 1. The number of nitrogens with one attached hydrogen (secondary N) is 1. The van der Waals surface area contributed by atoms with Crippen LogP contribution in [-0.4, -0.2) is 52.7 Å². The number of pyridine rings is 1. The molecule has 1 N–H and O–H groups in total. The van der Waals surface area contributed by atoms with Gasteiger partial charge in [-0.15, -0.1) is 0 Å². The Hall–Kier alpha value is -2.64. The minimum Gasteiger partial charge on any atom is -0.379 e. The molecule has 6 nitrogen and oxygen atoms in total. The predicted molar refractivity (Wildman–Crippen MR) is 111 cm³/mol. The zero-order valence-corrected chi connectivity index (χ0v) is 16.9. The lowest BCUT2D eigenvalue weighted by Crippen LogP contribution is -2.37. The molecule has 152 valence electrons. The summed E-state index contributed by atoms with van der Waals surface area (Å²) in [5.74, 6) is 0.546. The Bertz CT molecular complexity index is 990. The van der Waals surface area contributed by atoms with Crippen LogP contribution in [0.25, 0.3) is 10.8 Å². The fraction of sp³-hybridized carbons (Fsp3) is 0.409. The van der Waals surface area contributed by atoms with Crippen molar-refractivity contribution >= 4 is 16.6 Å². The highest BCUT2D eigenvalue weighted by molar-refractivity contribution is 5.85. The molecule has 1 fully saturated rings. The highest BCUT2D eigenvalue weighted by atomic mass is 19.1. The molecule has 2 aromatic heterocycles. The van der Waals surface area contributed by atoms with Gasteiger partial charge in [-0.05, 0) is 43.5 Å². The summed E-state index contributed by atoms with van der Waals surface area (Å²) < 4.78 is 19.3. The van der Waals surface area contributed by atoms with Crippen LogP contribution >= 0.6 is 0 Å². The molecule has 0 radical (unpaired) electrons. The van der Waals surface area contributed by atoms with E-state index in [0.29, 0.717) is 0 Å². The van der Waals surface area contributed by atoms with Gasteiger partial charge in [-0.2, -0.15) is 0 Å². The van der Waals surface area contributed by atoms with E-state index < -0.39 is 0 Å². The lowest BCUT2D eigenvalue weighted by atomic mass is 10.0. The number of anilines is 1. The van der Waals surface area contributed by atoms with Gasteiger partial charge in [0.1, 0.15) is 18.0 Å². The average Bonchev–Trinajstić information content (AvgIpc) is 2.74. The van der Waals surface area contributed by atoms with Gasteiger partial charge in [0.15, 0.2) is 0 Å². The Labute approximate surface area is 170 Å². The zero-order chi connectivity index (χ0) is 20.2. The molecule has 1 aliphatic rings. The maximum atomic E-state index is 13.9. The van der Waals surface area contributed by atoms with Crippen LogP contribution < -0.4 is 5.32 Å². The fourth-order valence-electron chi connectivity index (χ4n) is 3.65. The van der Waals surface area contributed by atoms with Crippen LogP contribution in [0.4, 0.5) is 10.2 Å². The Morgan fingerprint density at radius 1 is 1.24 bits per heavy atom. The van der Waals surface area contributed by atoms with Crippen molar-refractivity contribution in [1.82, 2.24) is 19.9 Å². The van der Waals surface area contributed by atoms with Gasteiger partial charge >= 0.3 is 0 Å². The first-order chi connectivity index (χ1) is 14.1. The van der Waals surface area contributed by atoms with Crippen LogP contribution in [0.5, 0.6) is 0 Å². The number of halogens is 1. The number of aryl methyl sites for hydroxylation is 1. The molecule has 0 saturated carbocycles. The topological polar surface area (TPSA) is 63.2 Å². The van der Waals surface area contributed by atoms with Gasteiger partial charge in [0, 0.05) is 48.9 Å². The molecule has 1 aromatic carbocycles. The van der Waals surface area contributed by atoms with Gasteiger partial charge in [0.2, 0.25) is 0 Å². The molecule has 0 amide bonds. The summed E-state index contributed by atoms with van der Waals surface area (Å²) in [6.45, 7) is 8.36. The van der Waals surface area contributed by atoms with E-state index in [1.807, 2.05) is 26.0 Å². The molecule has 0 aliphatic carbocycles. The summed E-state index contributed by atoms with van der Waals surface area (Å²) in [7, 11) is 0. The van der Waals surface area contributed by atoms with Crippen molar-refractivity contribution in [2.45, 2.75) is 26.3 Å². The van der Waals surface area contributed by atoms with Gasteiger partial charge in [0.25, 0.3) is 0 Å². The SMILES string of the molecule is Cc1cncnc1N[C@@H](C)c1cc2cc(F)ccc2c(CCN2CCOCC2)n1. The van der Waals surface area contributed by atoms with Crippen molar-refractivity contribution < 1.29 is 9.13 Å². The molecule has 0 unspecified atom stereocenters. The maximum absolute atomic E-state index is 13.9. The summed E-state index contributed by atoms with van der Waals surface area (Å²) >= 11 is 0. The first kappa shape index (κ1) is 19.7. The van der Waals surface area contributed by atoms with E-state index in [-0.39, 0.29) is 11.9 Å². The third-order valence-corrected chi connectivity index (χ3v) is 5.35. The Morgan fingerprint density at radius 3 is 2.86 bits per heavy atom. The van der Waals surface area contributed by atoms with Crippen LogP contribution in [0, 0.1) is 12.7 Å². The molecule has 4 rings (SSSR count). The van der Waals surface area contributed by atoms with Crippen LogP contribution in [0.1, 0.15) is 29.9 Å². The molecule has 1 aliphatic heterocycles. The van der Waals surface area contributed by atoms with E-state index >= 15 is 0 Å². The summed E-state index contributed by atoms with van der Waals surface area (Å²) in [4.78, 5) is 15.7. The van der Waals surface area contributed by atoms with Gasteiger partial charge in [0.05, 0.1) is 24.9 Å². The molecular weight excluding hydrogens is 369 g/mol. The number of benzene rings is 1. The van der Waals surface area contributed by atoms with E-state index in [4.69, 9.17) is 9.72 Å². The van der Waals surface area contributed by atoms with Crippen LogP contribution in [0.2, 0.25) is 0 Å². The van der Waals surface area contributed by atoms with Gasteiger partial charge < -0.3 is 10.1 Å². The van der Waals surface area contributed by atoms with Crippen molar-refractivity contribution in [3.63, 3.8) is 0 Å². The summed E-state index contributed by atoms with van der Waals surface area (Å²) in [5.41, 5.74) is 2.84. The molecule has 1 atom stereocenters. The third kappa shape index (κ3) is 4.68. The number of aromatic nitrogens is 3. The van der Waals surface area contributed by atoms with Crippen LogP contribution in [0.15, 0.2) is 36.8 Å². The van der Waals surface area contributed by atoms with Crippen molar-refractivity contribution in [2.75, 3.05) is 38.2 Å². The second-order valence-electron chi connectivity index (χ2n) is 7.48. The molecule has 3 heterocycles. The summed E-state index contributed by atoms with van der Waals surface area (Å²) in [6, 6.07) is 6.82. The molecule has 1 saturated heterocycles. The Morgan fingerprint density at radius 2 is 2.07 bits per heavy atom. The smallest absolute Gasteiger partial charge is 0.132 e. The maximum Gasteiger partial charge on any atom is 0.132 e. The van der Waals surface area contributed by atoms with Crippen molar-refractivity contribution in [3.05, 3.63) is 59.6 Å². The molecule has 7 heteroatoms. The highest BCUT2D eigenvalue weighted by Crippen LogP contribution is 2.25. The minimum atomic E-state index is -0.235. The van der Waals surface area contributed by atoms with Crippen molar-refractivity contribution in [1.29, 1.82) is 0 Å². The zero-order valence-electron chi connectivity index (χ0n) is 16.9. The number of hydrogen-bond donors (Lipinski definition) is 1. The fourth-order valence-corrected chi connectivity index (χ4v) is 3.65. The van der Waals surface area contributed by atoms with Gasteiger partial charge in [-0.1, -0.05) is 0 Å². The Balaban J connectivity index is 1.62. The second kappa shape index (κ2) is 8.80. The normalized spacial score (nSPS) is 16.1. The predicted octanol–water partition coefficient (Wildman–Crippen LogP) is 3.52. The first-order valence-corrected chi connectivity index (χ1v) is 10.0. The number of fused-ring (bicyclic) bond motifs is 1. The molecule has 0 spiro atoms. The highest BCUT2D eigenvalue weighted by Gasteiger charge is 2.16. The standard InChI is InChI=1S/C22H26FN5O/c1-15-13-24-14-25-22(15)26-16(2)21-12-17-11-18(23)3-4-19(17)20(27-21)5-6-28-7-9-29-10-8-28/h3-4,11-14,16H,5-10H2,1-2H3,(H,24,25,26)/t16-/m0/s1. The number of rotatable bonds is 6. The molecular formula is C22H26FN5O. The van der Waals surface area contributed by atoms with Crippen LogP contribution in [0.3, 0.4) is 0 Å². The molecule has 0 bridgehead atoms. The van der Waals surface area contributed by atoms with E-state index in [1.165, 1.54) is 12.4 Å². The van der Waals surface area contributed by atoms with Gasteiger partial charge in [-0.3, -0.25) is 9.88 Å². The quantitative estimate of drug-likeness (QED) is 0.689. The van der Waals surface area contributed by atoms with Gasteiger partial charge in [-0.25, -0.2) is 14.4 Å². The van der Waals surface area contributed by atoms with E-state index in [9.17, 15) is 4.39 Å². The lowest BCUT2D eigenvalue weighted by Gasteiger charge is -2.26. The first-order valence-electron chi connectivity index (χ1n) is 10.0. The number of morpholine rings is 1. The molecule has 29 heavy (non-hydrogen) atoms. The van der Waals surface area contributed by atoms with Crippen molar-refractivity contribution in [3.8, 4) is 0 Å². The third-order valence-electron chi connectivity index (χ3n) is 5.35. The summed E-state index contributed by atoms with van der Waals surface area (Å²) in [5, 5.41) is 5.29. The van der Waals surface area contributed by atoms with Crippen molar-refractivity contribution in [2.24, 2.45) is 0 Å². The minimum absolute atomic E-state index is 0.0709. The lowest BCUT2D eigenvalue weighted by molar-refractivity contribution is 0.0384. The van der Waals surface area contributed by atoms with E-state index in [1.54, 1.807) is 12.3 Å². The second-order valence-corrected chi connectivity index (χ2v) is 7.48. The number of hydrogen-bond acceptors (Lipinski definition) is 6. The van der Waals surface area contributed by atoms with E-state index in [2.05, 4.69) is 20.2 Å². The van der Waals surface area contributed by atoms with E-state index in [0.717, 1.165) is 72.8 Å². The average molecular weight is 395 g/mol. The Kier molecular flexibility index (Phi) is 5.97.